The summed E-state index contributed by atoms with van der Waals surface area (Å²) in [6.45, 7) is 6.46. The van der Waals surface area contributed by atoms with Gasteiger partial charge in [0, 0.05) is 6.04 Å². The zero-order valence-electron chi connectivity index (χ0n) is 8.17. The molecule has 1 aliphatic carbocycles. The van der Waals surface area contributed by atoms with Crippen LogP contribution < -0.4 is 11.1 Å². The lowest BCUT2D eigenvalue weighted by Crippen LogP contribution is -2.41. The Balaban J connectivity index is 2.28. The molecule has 1 atom stereocenters. The summed E-state index contributed by atoms with van der Waals surface area (Å²) in [7, 11) is 0. The number of nitrogens with zero attached hydrogens (tertiary/aromatic N) is 1. The standard InChI is InChI=1S/C9H19N3/c1-6(2)7(3)11-9(10)12-8-4-5-8/h6-8H,4-5H2,1-3H3,(H3,10,11,12). The molecule has 1 aliphatic rings. The van der Waals surface area contributed by atoms with E-state index in [0.717, 1.165) is 0 Å². The van der Waals surface area contributed by atoms with Crippen molar-refractivity contribution >= 4 is 5.96 Å². The second-order valence-electron chi connectivity index (χ2n) is 3.92. The van der Waals surface area contributed by atoms with Crippen LogP contribution in [0, 0.1) is 5.92 Å². The van der Waals surface area contributed by atoms with E-state index in [9.17, 15) is 0 Å². The highest BCUT2D eigenvalue weighted by molar-refractivity contribution is 5.78. The van der Waals surface area contributed by atoms with Crippen molar-refractivity contribution in [2.75, 3.05) is 0 Å². The Hall–Kier alpha value is -0.730. The van der Waals surface area contributed by atoms with Crippen LogP contribution in [0.2, 0.25) is 0 Å². The maximum Gasteiger partial charge on any atom is 0.189 e. The van der Waals surface area contributed by atoms with Crippen LogP contribution in [0.15, 0.2) is 4.99 Å². The highest BCUT2D eigenvalue weighted by Crippen LogP contribution is 2.22. The molecule has 1 saturated carbocycles. The van der Waals surface area contributed by atoms with E-state index < -0.39 is 0 Å². The zero-order chi connectivity index (χ0) is 9.14. The van der Waals surface area contributed by atoms with E-state index in [1.54, 1.807) is 0 Å². The first kappa shape index (κ1) is 9.36. The average Bonchev–Trinajstić information content (AvgIpc) is 2.71. The topological polar surface area (TPSA) is 50.4 Å². The number of aliphatic imine (C=N–C) groups is 1. The number of rotatable bonds is 3. The summed E-state index contributed by atoms with van der Waals surface area (Å²) in [6.07, 6.45) is 2.41. The van der Waals surface area contributed by atoms with Gasteiger partial charge in [-0.25, -0.2) is 0 Å². The second-order valence-corrected chi connectivity index (χ2v) is 3.92. The normalized spacial score (nSPS) is 21.2. The molecule has 3 N–H and O–H groups in total. The number of nitrogens with one attached hydrogen (secondary N) is 1. The Labute approximate surface area is 74.4 Å². The van der Waals surface area contributed by atoms with Gasteiger partial charge in [0.05, 0.1) is 6.04 Å². The summed E-state index contributed by atoms with van der Waals surface area (Å²) in [4.78, 5) is 4.29. The Morgan fingerprint density at radius 2 is 2.00 bits per heavy atom. The maximum atomic E-state index is 5.69. The molecule has 1 unspecified atom stereocenters. The van der Waals surface area contributed by atoms with Gasteiger partial charge in [-0.05, 0) is 25.7 Å². The van der Waals surface area contributed by atoms with Gasteiger partial charge in [-0.2, -0.15) is 0 Å². The summed E-state index contributed by atoms with van der Waals surface area (Å²) in [5.74, 6) is 1.21. The number of guanidine groups is 1. The Kier molecular flexibility index (Phi) is 2.95. The van der Waals surface area contributed by atoms with Crippen LogP contribution in [0.4, 0.5) is 0 Å². The molecule has 0 radical (unpaired) electrons. The van der Waals surface area contributed by atoms with Gasteiger partial charge in [0.1, 0.15) is 0 Å². The van der Waals surface area contributed by atoms with Gasteiger partial charge in [-0.1, -0.05) is 13.8 Å². The molecule has 1 rings (SSSR count). The van der Waals surface area contributed by atoms with Crippen molar-refractivity contribution in [3.05, 3.63) is 0 Å². The van der Waals surface area contributed by atoms with Gasteiger partial charge in [0.25, 0.3) is 0 Å². The zero-order valence-corrected chi connectivity index (χ0v) is 8.17. The molecule has 0 spiro atoms. The van der Waals surface area contributed by atoms with Crippen LogP contribution in [0.5, 0.6) is 0 Å². The van der Waals surface area contributed by atoms with Crippen molar-refractivity contribution in [1.82, 2.24) is 5.32 Å². The Bertz CT molecular complexity index is 171. The smallest absolute Gasteiger partial charge is 0.189 e. The van der Waals surface area contributed by atoms with Gasteiger partial charge >= 0.3 is 0 Å². The lowest BCUT2D eigenvalue weighted by molar-refractivity contribution is 0.485. The van der Waals surface area contributed by atoms with E-state index >= 15 is 0 Å². The third-order valence-corrected chi connectivity index (χ3v) is 2.24. The largest absolute Gasteiger partial charge is 0.370 e. The molecule has 0 aromatic carbocycles. The lowest BCUT2D eigenvalue weighted by Gasteiger charge is -2.17. The first-order valence-corrected chi connectivity index (χ1v) is 4.69. The first-order chi connectivity index (χ1) is 5.59. The Morgan fingerprint density at radius 1 is 1.42 bits per heavy atom. The van der Waals surface area contributed by atoms with Crippen molar-refractivity contribution in [3.63, 3.8) is 0 Å². The molecule has 0 aromatic heterocycles. The molecule has 3 heteroatoms. The van der Waals surface area contributed by atoms with Gasteiger partial charge < -0.3 is 11.1 Å². The number of hydrogen-bond donors (Lipinski definition) is 2. The second kappa shape index (κ2) is 3.78. The molecule has 12 heavy (non-hydrogen) atoms. The van der Waals surface area contributed by atoms with Crippen molar-refractivity contribution in [1.29, 1.82) is 0 Å². The molecule has 1 fully saturated rings. The van der Waals surface area contributed by atoms with Crippen LogP contribution >= 0.6 is 0 Å². The predicted molar refractivity (Wildman–Crippen MR) is 52.1 cm³/mol. The van der Waals surface area contributed by atoms with E-state index in [2.05, 4.69) is 31.1 Å². The third-order valence-electron chi connectivity index (χ3n) is 2.24. The number of nitrogens with two attached hydrogens (primary N) is 1. The fraction of sp³-hybridized carbons (Fsp3) is 0.889. The van der Waals surface area contributed by atoms with Crippen LogP contribution in [0.3, 0.4) is 0 Å². The third kappa shape index (κ3) is 3.11. The van der Waals surface area contributed by atoms with Gasteiger partial charge in [0.15, 0.2) is 5.96 Å². The molecule has 0 heterocycles. The van der Waals surface area contributed by atoms with Crippen LogP contribution in [0.1, 0.15) is 33.6 Å². The molecule has 70 valence electrons. The molecule has 0 amide bonds. The molecule has 0 saturated heterocycles. The van der Waals surface area contributed by atoms with E-state index in [0.29, 0.717) is 24.0 Å². The van der Waals surface area contributed by atoms with E-state index in [-0.39, 0.29) is 0 Å². The highest BCUT2D eigenvalue weighted by Gasteiger charge is 2.20. The van der Waals surface area contributed by atoms with Crippen molar-refractivity contribution in [3.8, 4) is 0 Å². The van der Waals surface area contributed by atoms with Crippen LogP contribution in [-0.4, -0.2) is 18.0 Å². The summed E-state index contributed by atoms with van der Waals surface area (Å²) in [5, 5.41) is 3.18. The minimum absolute atomic E-state index is 0.410. The summed E-state index contributed by atoms with van der Waals surface area (Å²) < 4.78 is 0. The van der Waals surface area contributed by atoms with E-state index in [1.807, 2.05) is 0 Å². The molecular weight excluding hydrogens is 150 g/mol. The SMILES string of the molecule is CC(C)C(C)NC(N)=NC1CC1. The molecule has 0 aromatic rings. The van der Waals surface area contributed by atoms with E-state index in [1.165, 1.54) is 12.8 Å². The number of hydrogen-bond acceptors (Lipinski definition) is 1. The molecular formula is C9H19N3. The summed E-state index contributed by atoms with van der Waals surface area (Å²) in [5.41, 5.74) is 5.69. The minimum Gasteiger partial charge on any atom is -0.370 e. The molecule has 0 aliphatic heterocycles. The molecule has 0 bridgehead atoms. The fourth-order valence-electron chi connectivity index (χ4n) is 0.838. The van der Waals surface area contributed by atoms with Crippen LogP contribution in [0.25, 0.3) is 0 Å². The van der Waals surface area contributed by atoms with Crippen LogP contribution in [-0.2, 0) is 0 Å². The molecule has 3 nitrogen and oxygen atoms in total. The summed E-state index contributed by atoms with van der Waals surface area (Å²) in [6, 6.07) is 0.921. The quantitative estimate of drug-likeness (QED) is 0.491. The summed E-state index contributed by atoms with van der Waals surface area (Å²) >= 11 is 0. The predicted octanol–water partition coefficient (Wildman–Crippen LogP) is 1.10. The fourth-order valence-corrected chi connectivity index (χ4v) is 0.838. The monoisotopic (exact) mass is 169 g/mol. The first-order valence-electron chi connectivity index (χ1n) is 4.69. The highest BCUT2D eigenvalue weighted by atomic mass is 15.1. The van der Waals surface area contributed by atoms with Gasteiger partial charge in [-0.15, -0.1) is 0 Å². The van der Waals surface area contributed by atoms with Crippen molar-refractivity contribution in [2.24, 2.45) is 16.6 Å². The Morgan fingerprint density at radius 3 is 2.42 bits per heavy atom. The maximum absolute atomic E-state index is 5.69. The van der Waals surface area contributed by atoms with Crippen molar-refractivity contribution < 1.29 is 0 Å². The van der Waals surface area contributed by atoms with E-state index in [4.69, 9.17) is 5.73 Å². The minimum atomic E-state index is 0.410. The van der Waals surface area contributed by atoms with Crippen molar-refractivity contribution in [2.45, 2.75) is 45.7 Å². The van der Waals surface area contributed by atoms with Gasteiger partial charge in [0.2, 0.25) is 0 Å². The lowest BCUT2D eigenvalue weighted by atomic mass is 10.1. The average molecular weight is 169 g/mol. The van der Waals surface area contributed by atoms with Gasteiger partial charge in [-0.3, -0.25) is 4.99 Å².